The van der Waals surface area contributed by atoms with Gasteiger partial charge in [-0.2, -0.15) is 0 Å². The molecule has 0 aromatic heterocycles. The van der Waals surface area contributed by atoms with E-state index in [2.05, 4.69) is 20.8 Å². The molecule has 0 N–H and O–H groups in total. The molecule has 0 amide bonds. The fraction of sp³-hybridized carbons (Fsp3) is 1.00. The van der Waals surface area contributed by atoms with Gasteiger partial charge in [0.25, 0.3) is 0 Å². The van der Waals surface area contributed by atoms with Gasteiger partial charge in [-0.15, -0.1) is 0 Å². The van der Waals surface area contributed by atoms with Crippen molar-refractivity contribution in [2.75, 3.05) is 0 Å². The topological polar surface area (TPSA) is 27.7 Å². The van der Waals surface area contributed by atoms with Crippen LogP contribution in [0.3, 0.4) is 0 Å². The molecule has 3 rings (SSSR count). The summed E-state index contributed by atoms with van der Waals surface area (Å²) in [5.74, 6) is 3.71. The third kappa shape index (κ3) is 3.77. The largest absolute Gasteiger partial charge is 0.375 e. The van der Waals surface area contributed by atoms with Gasteiger partial charge in [0.1, 0.15) is 0 Å². The Morgan fingerprint density at radius 3 is 2.30 bits per heavy atom. The van der Waals surface area contributed by atoms with Crippen LogP contribution < -0.4 is 0 Å². The molecule has 3 nitrogen and oxygen atoms in total. The Balaban J connectivity index is 1.78. The zero-order valence-corrected chi connectivity index (χ0v) is 15.9. The Morgan fingerprint density at radius 2 is 1.61 bits per heavy atom. The van der Waals surface area contributed by atoms with Crippen molar-refractivity contribution in [2.24, 2.45) is 29.6 Å². The van der Waals surface area contributed by atoms with E-state index in [0.717, 1.165) is 30.1 Å². The summed E-state index contributed by atoms with van der Waals surface area (Å²) in [5, 5.41) is 0. The molecule has 5 unspecified atom stereocenters. The maximum atomic E-state index is 6.47. The molecule has 134 valence electrons. The maximum absolute atomic E-state index is 6.47. The zero-order valence-electron chi connectivity index (χ0n) is 15.9. The van der Waals surface area contributed by atoms with E-state index in [1.54, 1.807) is 0 Å². The summed E-state index contributed by atoms with van der Waals surface area (Å²) in [6.07, 6.45) is 7.15. The first kappa shape index (κ1) is 17.7. The van der Waals surface area contributed by atoms with Gasteiger partial charge in [-0.25, -0.2) is 9.78 Å². The molecule has 1 heterocycles. The van der Waals surface area contributed by atoms with E-state index in [-0.39, 0.29) is 11.7 Å². The van der Waals surface area contributed by atoms with E-state index < -0.39 is 0 Å². The average molecular weight is 325 g/mol. The van der Waals surface area contributed by atoms with E-state index >= 15 is 0 Å². The van der Waals surface area contributed by atoms with Crippen molar-refractivity contribution < 1.29 is 14.5 Å². The smallest absolute Gasteiger partial charge is 0.0983 e. The third-order valence-electron chi connectivity index (χ3n) is 6.57. The molecule has 0 bridgehead atoms. The second-order valence-corrected chi connectivity index (χ2v) is 9.45. The highest BCUT2D eigenvalue weighted by molar-refractivity contribution is 4.99. The first-order valence-corrected chi connectivity index (χ1v) is 9.76. The number of rotatable bonds is 2. The molecule has 0 aromatic rings. The second-order valence-electron chi connectivity index (χ2n) is 9.45. The highest BCUT2D eigenvalue weighted by Crippen LogP contribution is 2.53. The van der Waals surface area contributed by atoms with Gasteiger partial charge in [-0.1, -0.05) is 20.3 Å². The molecule has 2 saturated carbocycles. The SMILES string of the molecule is CC1CCC2C3C(C[C@H](OOC(C)(C)C)C(C)[C@@H]3CC[C@H]2C)O1. The Kier molecular flexibility index (Phi) is 5.11. The van der Waals surface area contributed by atoms with Crippen LogP contribution in [0.2, 0.25) is 0 Å². The highest BCUT2D eigenvalue weighted by Gasteiger charge is 2.51. The van der Waals surface area contributed by atoms with Gasteiger partial charge < -0.3 is 4.74 Å². The molecular weight excluding hydrogens is 288 g/mol. The van der Waals surface area contributed by atoms with Crippen LogP contribution in [0.5, 0.6) is 0 Å². The van der Waals surface area contributed by atoms with Gasteiger partial charge in [0.2, 0.25) is 0 Å². The van der Waals surface area contributed by atoms with Crippen LogP contribution >= 0.6 is 0 Å². The summed E-state index contributed by atoms with van der Waals surface area (Å²) in [7, 11) is 0. The average Bonchev–Trinajstić information content (AvgIpc) is 2.62. The van der Waals surface area contributed by atoms with Gasteiger partial charge >= 0.3 is 0 Å². The lowest BCUT2D eigenvalue weighted by atomic mass is 9.56. The predicted molar refractivity (Wildman–Crippen MR) is 91.9 cm³/mol. The van der Waals surface area contributed by atoms with Crippen LogP contribution in [0.1, 0.15) is 73.6 Å². The first-order valence-electron chi connectivity index (χ1n) is 9.76. The van der Waals surface area contributed by atoms with E-state index in [9.17, 15) is 0 Å². The fourth-order valence-electron chi connectivity index (χ4n) is 5.35. The summed E-state index contributed by atoms with van der Waals surface area (Å²) in [6, 6.07) is 0. The van der Waals surface area contributed by atoms with Crippen LogP contribution in [0.15, 0.2) is 0 Å². The summed E-state index contributed by atoms with van der Waals surface area (Å²) in [5.41, 5.74) is -0.252. The standard InChI is InChI=1S/C20H36O3/c1-12-7-9-16-14(3)17(22-23-20(4,5)6)11-18-19(16)15(12)10-8-13(2)21-18/h12-19H,7-11H2,1-6H3/t12-,13?,14?,15?,16+,17+,18?,19?/m1/s1. The van der Waals surface area contributed by atoms with E-state index in [1.807, 2.05) is 20.8 Å². The van der Waals surface area contributed by atoms with Gasteiger partial charge in [-0.3, -0.25) is 0 Å². The van der Waals surface area contributed by atoms with Gasteiger partial charge in [0, 0.05) is 6.42 Å². The monoisotopic (exact) mass is 324 g/mol. The molecule has 0 aromatic carbocycles. The van der Waals surface area contributed by atoms with Gasteiger partial charge in [0.05, 0.1) is 23.9 Å². The molecule has 3 heteroatoms. The molecule has 3 aliphatic rings. The van der Waals surface area contributed by atoms with Crippen molar-refractivity contribution in [1.29, 1.82) is 0 Å². The first-order chi connectivity index (χ1) is 10.8. The second kappa shape index (κ2) is 6.65. The molecule has 1 saturated heterocycles. The van der Waals surface area contributed by atoms with Crippen LogP contribution in [0.4, 0.5) is 0 Å². The Bertz CT molecular complexity index is 402. The molecule has 0 spiro atoms. The van der Waals surface area contributed by atoms with Crippen LogP contribution in [-0.4, -0.2) is 23.9 Å². The van der Waals surface area contributed by atoms with Crippen molar-refractivity contribution in [3.8, 4) is 0 Å². The summed E-state index contributed by atoms with van der Waals surface area (Å²) < 4.78 is 6.47. The van der Waals surface area contributed by atoms with E-state index in [1.165, 1.54) is 25.7 Å². The number of hydrogen-bond acceptors (Lipinski definition) is 3. The van der Waals surface area contributed by atoms with Crippen molar-refractivity contribution in [1.82, 2.24) is 0 Å². The lowest BCUT2D eigenvalue weighted by Gasteiger charge is -2.52. The Hall–Kier alpha value is -0.120. The predicted octanol–water partition coefficient (Wildman–Crippen LogP) is 4.99. The van der Waals surface area contributed by atoms with Crippen molar-refractivity contribution in [2.45, 2.75) is 97.6 Å². The number of ether oxygens (including phenoxy) is 1. The highest BCUT2D eigenvalue weighted by atomic mass is 17.2. The zero-order chi connectivity index (χ0) is 16.8. The molecule has 8 atom stereocenters. The van der Waals surface area contributed by atoms with Crippen LogP contribution in [0, 0.1) is 29.6 Å². The molecular formula is C20H36O3. The minimum atomic E-state index is -0.252. The van der Waals surface area contributed by atoms with Crippen LogP contribution in [0.25, 0.3) is 0 Å². The van der Waals surface area contributed by atoms with E-state index in [4.69, 9.17) is 14.5 Å². The lowest BCUT2D eigenvalue weighted by molar-refractivity contribution is -0.391. The molecule has 3 fully saturated rings. The number of hydrogen-bond donors (Lipinski definition) is 0. The molecule has 0 radical (unpaired) electrons. The van der Waals surface area contributed by atoms with Gasteiger partial charge in [-0.05, 0) is 76.5 Å². The molecule has 23 heavy (non-hydrogen) atoms. The van der Waals surface area contributed by atoms with E-state index in [0.29, 0.717) is 18.1 Å². The summed E-state index contributed by atoms with van der Waals surface area (Å²) >= 11 is 0. The summed E-state index contributed by atoms with van der Waals surface area (Å²) in [6.45, 7) is 13.2. The fourth-order valence-corrected chi connectivity index (χ4v) is 5.35. The molecule has 1 aliphatic heterocycles. The minimum Gasteiger partial charge on any atom is -0.375 e. The quantitative estimate of drug-likeness (QED) is 0.529. The lowest BCUT2D eigenvalue weighted by Crippen LogP contribution is -2.52. The van der Waals surface area contributed by atoms with Crippen molar-refractivity contribution in [3.05, 3.63) is 0 Å². The maximum Gasteiger partial charge on any atom is 0.0983 e. The Labute approximate surface area is 142 Å². The molecule has 2 aliphatic carbocycles. The van der Waals surface area contributed by atoms with Crippen molar-refractivity contribution >= 4 is 0 Å². The minimum absolute atomic E-state index is 0.167. The van der Waals surface area contributed by atoms with Gasteiger partial charge in [0.15, 0.2) is 0 Å². The summed E-state index contributed by atoms with van der Waals surface area (Å²) in [4.78, 5) is 11.6. The van der Waals surface area contributed by atoms with Crippen molar-refractivity contribution in [3.63, 3.8) is 0 Å². The third-order valence-corrected chi connectivity index (χ3v) is 6.57. The normalized spacial score (nSPS) is 47.7. The Morgan fingerprint density at radius 1 is 0.913 bits per heavy atom. The van der Waals surface area contributed by atoms with Crippen LogP contribution in [-0.2, 0) is 14.5 Å².